The molecular weight excluding hydrogens is 436 g/mol. The summed E-state index contributed by atoms with van der Waals surface area (Å²) in [5.74, 6) is -3.40. The van der Waals surface area contributed by atoms with E-state index in [4.69, 9.17) is 4.74 Å². The number of hydrogen-bond donors (Lipinski definition) is 2. The van der Waals surface area contributed by atoms with Gasteiger partial charge in [-0.3, -0.25) is 14.4 Å². The van der Waals surface area contributed by atoms with Crippen molar-refractivity contribution in [1.29, 1.82) is 0 Å². The Morgan fingerprint density at radius 2 is 2.09 bits per heavy atom. The zero-order chi connectivity index (χ0) is 23.9. The first kappa shape index (κ1) is 23.1. The first-order chi connectivity index (χ1) is 15.6. The lowest BCUT2D eigenvalue weighted by Crippen LogP contribution is -2.53. The van der Waals surface area contributed by atoms with Crippen molar-refractivity contribution in [3.05, 3.63) is 29.8 Å². The number of benzene rings is 1. The van der Waals surface area contributed by atoms with Gasteiger partial charge < -0.3 is 25.1 Å². The van der Waals surface area contributed by atoms with E-state index in [1.165, 1.54) is 11.0 Å². The molecule has 1 aromatic carbocycles. The predicted molar refractivity (Wildman–Crippen MR) is 112 cm³/mol. The Balaban J connectivity index is 1.41. The van der Waals surface area contributed by atoms with E-state index in [0.717, 1.165) is 12.1 Å². The molecule has 1 saturated carbocycles. The van der Waals surface area contributed by atoms with Crippen LogP contribution in [0.5, 0.6) is 5.75 Å². The van der Waals surface area contributed by atoms with Crippen LogP contribution < -0.4 is 15.4 Å². The topological polar surface area (TPSA) is 105 Å². The van der Waals surface area contributed by atoms with Gasteiger partial charge in [-0.2, -0.15) is 0 Å². The van der Waals surface area contributed by atoms with Crippen molar-refractivity contribution < 1.29 is 32.7 Å². The number of likely N-dealkylation sites (tertiary alicyclic amines) is 1. The fourth-order valence-corrected chi connectivity index (χ4v) is 5.23. The Bertz CT molecular complexity index is 985. The summed E-state index contributed by atoms with van der Waals surface area (Å²) in [6.45, 7) is 4.54. The number of amides is 3. The van der Waals surface area contributed by atoms with Gasteiger partial charge in [0.1, 0.15) is 18.1 Å². The third-order valence-corrected chi connectivity index (χ3v) is 7.24. The molecule has 178 valence electrons. The van der Waals surface area contributed by atoms with E-state index in [1.807, 2.05) is 13.8 Å². The van der Waals surface area contributed by atoms with Crippen molar-refractivity contribution in [3.63, 3.8) is 0 Å². The molecule has 0 radical (unpaired) electrons. The number of nitrogens with zero attached hydrogens (tertiary/aromatic N) is 1. The number of nitrogens with one attached hydrogen (secondary N) is 2. The Labute approximate surface area is 190 Å². The van der Waals surface area contributed by atoms with Crippen LogP contribution >= 0.6 is 0 Å². The number of hydrogen-bond acceptors (Lipinski definition) is 5. The van der Waals surface area contributed by atoms with Gasteiger partial charge in [0.15, 0.2) is 18.2 Å². The maximum atomic E-state index is 13.4. The lowest BCUT2D eigenvalue weighted by atomic mass is 9.97. The highest BCUT2D eigenvalue weighted by Crippen LogP contribution is 2.64. The number of piperidine rings is 1. The minimum Gasteiger partial charge on any atom is -0.484 e. The van der Waals surface area contributed by atoms with Gasteiger partial charge in [-0.25, -0.2) is 8.78 Å². The molecule has 3 fully saturated rings. The summed E-state index contributed by atoms with van der Waals surface area (Å²) in [5, 5.41) is 5.42. The molecule has 2 heterocycles. The van der Waals surface area contributed by atoms with Gasteiger partial charge >= 0.3 is 0 Å². The molecule has 0 unspecified atom stereocenters. The summed E-state index contributed by atoms with van der Waals surface area (Å²) in [6.07, 6.45) is 1.43. The number of carbonyl (C=O) groups excluding carboxylic acids is 4. The largest absolute Gasteiger partial charge is 0.484 e. The number of aldehydes is 1. The van der Waals surface area contributed by atoms with Crippen molar-refractivity contribution in [3.8, 4) is 5.75 Å². The molecule has 2 saturated heterocycles. The van der Waals surface area contributed by atoms with E-state index < -0.39 is 42.1 Å². The first-order valence-corrected chi connectivity index (χ1v) is 11.0. The number of rotatable bonds is 8. The van der Waals surface area contributed by atoms with Crippen LogP contribution in [-0.4, -0.2) is 60.7 Å². The van der Waals surface area contributed by atoms with E-state index in [2.05, 4.69) is 10.6 Å². The molecular formula is C23H27F2N3O5. The second-order valence-corrected chi connectivity index (χ2v) is 9.57. The molecule has 1 aliphatic carbocycles. The number of halogens is 2. The number of carbonyl (C=O) groups is 4. The zero-order valence-corrected chi connectivity index (χ0v) is 18.5. The highest BCUT2D eigenvalue weighted by Gasteiger charge is 2.69. The lowest BCUT2D eigenvalue weighted by Gasteiger charge is -2.31. The molecule has 4 rings (SSSR count). The molecule has 33 heavy (non-hydrogen) atoms. The van der Waals surface area contributed by atoms with E-state index >= 15 is 0 Å². The summed E-state index contributed by atoms with van der Waals surface area (Å²) in [7, 11) is 0. The maximum Gasteiger partial charge on any atom is 0.261 e. The maximum absolute atomic E-state index is 13.4. The average molecular weight is 463 g/mol. The minimum atomic E-state index is -1.09. The molecule has 0 spiro atoms. The van der Waals surface area contributed by atoms with Gasteiger partial charge in [0.2, 0.25) is 11.8 Å². The monoisotopic (exact) mass is 463 g/mol. The van der Waals surface area contributed by atoms with Crippen LogP contribution in [0.15, 0.2) is 18.2 Å². The van der Waals surface area contributed by atoms with Crippen molar-refractivity contribution in [2.45, 2.75) is 38.8 Å². The normalized spacial score (nSPS) is 28.0. The smallest absolute Gasteiger partial charge is 0.261 e. The van der Waals surface area contributed by atoms with Crippen LogP contribution in [0.1, 0.15) is 26.7 Å². The molecule has 10 heteroatoms. The number of ether oxygens (including phenoxy) is 1. The SMILES string of the molecule is CC1(C)[C@@H]2[C@H](C(=O)N[C@H](C=O)C[C@@H]3CCNC3=O)N(C(=O)COc3ccc(F)c(F)c3)C[C@@H]21. The van der Waals surface area contributed by atoms with E-state index in [-0.39, 0.29) is 41.2 Å². The summed E-state index contributed by atoms with van der Waals surface area (Å²) in [5.41, 5.74) is -0.123. The molecule has 0 aromatic heterocycles. The Hall–Kier alpha value is -3.04. The van der Waals surface area contributed by atoms with Crippen LogP contribution in [0.25, 0.3) is 0 Å². The average Bonchev–Trinajstić information content (AvgIpc) is 3.13. The van der Waals surface area contributed by atoms with Gasteiger partial charge in [0, 0.05) is 25.1 Å². The quantitative estimate of drug-likeness (QED) is 0.561. The van der Waals surface area contributed by atoms with Gasteiger partial charge in [-0.1, -0.05) is 13.8 Å². The van der Waals surface area contributed by atoms with Gasteiger partial charge in [-0.15, -0.1) is 0 Å². The fourth-order valence-electron chi connectivity index (χ4n) is 5.23. The molecule has 3 aliphatic rings. The van der Waals surface area contributed by atoms with Crippen LogP contribution in [-0.2, 0) is 19.2 Å². The first-order valence-electron chi connectivity index (χ1n) is 11.0. The second kappa shape index (κ2) is 8.72. The van der Waals surface area contributed by atoms with Gasteiger partial charge in [0.25, 0.3) is 5.91 Å². The molecule has 3 amide bonds. The fraction of sp³-hybridized carbons (Fsp3) is 0.565. The summed E-state index contributed by atoms with van der Waals surface area (Å²) in [4.78, 5) is 50.9. The Kier molecular flexibility index (Phi) is 6.11. The van der Waals surface area contributed by atoms with Gasteiger partial charge in [-0.05, 0) is 42.2 Å². The number of fused-ring (bicyclic) bond motifs is 1. The van der Waals surface area contributed by atoms with Crippen molar-refractivity contribution in [2.75, 3.05) is 19.7 Å². The third-order valence-electron chi connectivity index (χ3n) is 7.24. The summed E-state index contributed by atoms with van der Waals surface area (Å²) >= 11 is 0. The van der Waals surface area contributed by atoms with Crippen molar-refractivity contribution >= 4 is 24.0 Å². The van der Waals surface area contributed by atoms with E-state index in [1.54, 1.807) is 0 Å². The Morgan fingerprint density at radius 3 is 2.73 bits per heavy atom. The van der Waals surface area contributed by atoms with E-state index in [0.29, 0.717) is 25.8 Å². The summed E-state index contributed by atoms with van der Waals surface area (Å²) < 4.78 is 31.8. The van der Waals surface area contributed by atoms with E-state index in [9.17, 15) is 28.0 Å². The summed E-state index contributed by atoms with van der Waals surface area (Å²) in [6, 6.07) is 1.37. The highest BCUT2D eigenvalue weighted by molar-refractivity contribution is 5.91. The van der Waals surface area contributed by atoms with Crippen molar-refractivity contribution in [1.82, 2.24) is 15.5 Å². The standard InChI is InChI=1S/C23H27F2N3O5/c1-23(2)15-9-28(18(30)11-33-14-3-4-16(24)17(25)8-14)20(19(15)23)22(32)27-13(10-29)7-12-5-6-26-21(12)31/h3-4,8,10,12-13,15,19-20H,5-7,9,11H2,1-2H3,(H,26,31)(H,27,32)/t12-,13-,15-,19-,20+/m0/s1. The molecule has 1 aromatic rings. The zero-order valence-electron chi connectivity index (χ0n) is 18.5. The molecule has 5 atom stereocenters. The van der Waals surface area contributed by atoms with Crippen LogP contribution in [0, 0.1) is 34.8 Å². The van der Waals surface area contributed by atoms with Crippen LogP contribution in [0.4, 0.5) is 8.78 Å². The van der Waals surface area contributed by atoms with Crippen molar-refractivity contribution in [2.24, 2.45) is 23.2 Å². The van der Waals surface area contributed by atoms with Crippen LogP contribution in [0.3, 0.4) is 0 Å². The molecule has 2 N–H and O–H groups in total. The second-order valence-electron chi connectivity index (χ2n) is 9.57. The molecule has 2 aliphatic heterocycles. The Morgan fingerprint density at radius 1 is 1.33 bits per heavy atom. The van der Waals surface area contributed by atoms with Gasteiger partial charge in [0.05, 0.1) is 6.04 Å². The minimum absolute atomic E-state index is 0.00352. The predicted octanol–water partition coefficient (Wildman–Crippen LogP) is 1.04. The van der Waals surface area contributed by atoms with Crippen LogP contribution in [0.2, 0.25) is 0 Å². The molecule has 0 bridgehead atoms. The highest BCUT2D eigenvalue weighted by atomic mass is 19.2. The third kappa shape index (κ3) is 4.43. The molecule has 8 nitrogen and oxygen atoms in total. The lowest BCUT2D eigenvalue weighted by molar-refractivity contribution is -0.142.